The number of aromatic amines is 1. The molecule has 0 saturated heterocycles. The molecule has 0 atom stereocenters. The van der Waals surface area contributed by atoms with Gasteiger partial charge in [-0.05, 0) is 117 Å². The maximum absolute atomic E-state index is 13.0. The molecule has 0 saturated carbocycles. The Morgan fingerprint density at radius 3 is 2.44 bits per heavy atom. The average Bonchev–Trinajstić information content (AvgIpc) is 3.93. The van der Waals surface area contributed by atoms with Crippen molar-refractivity contribution >= 4 is 59.2 Å². The number of pyridine rings is 1. The van der Waals surface area contributed by atoms with Gasteiger partial charge in [-0.2, -0.15) is 10.2 Å². The van der Waals surface area contributed by atoms with Gasteiger partial charge in [-0.1, -0.05) is 36.4 Å². The number of aliphatic imine (C=N–C) groups is 1. The van der Waals surface area contributed by atoms with Crippen LogP contribution in [-0.2, 0) is 9.59 Å². The number of allylic oxidation sites excluding steroid dienone is 3. The highest BCUT2D eigenvalue weighted by Gasteiger charge is 2.20. The van der Waals surface area contributed by atoms with E-state index in [2.05, 4.69) is 37.7 Å². The molecular weight excluding hydrogens is 765 g/mol. The molecule has 4 aromatic carbocycles. The predicted octanol–water partition coefficient (Wildman–Crippen LogP) is 7.99. The van der Waals surface area contributed by atoms with Gasteiger partial charge in [0.1, 0.15) is 17.2 Å². The van der Waals surface area contributed by atoms with Crippen LogP contribution in [0.1, 0.15) is 51.4 Å². The van der Waals surface area contributed by atoms with Crippen molar-refractivity contribution in [2.45, 2.75) is 34.6 Å². The van der Waals surface area contributed by atoms with Crippen molar-refractivity contribution in [3.63, 3.8) is 0 Å². The van der Waals surface area contributed by atoms with Gasteiger partial charge in [0.05, 0.1) is 24.3 Å². The molecule has 0 unspecified atom stereocenters. The molecule has 306 valence electrons. The summed E-state index contributed by atoms with van der Waals surface area (Å²) in [5.74, 6) is 0.343. The van der Waals surface area contributed by atoms with Crippen molar-refractivity contribution < 1.29 is 24.4 Å². The van der Waals surface area contributed by atoms with E-state index in [0.717, 1.165) is 89.1 Å². The number of H-pyrrole nitrogens is 1. The normalized spacial score (nSPS) is 12.4. The van der Waals surface area contributed by atoms with Crippen LogP contribution in [0.15, 0.2) is 125 Å². The molecule has 1 aliphatic heterocycles. The number of nitrogens with zero attached hydrogens (tertiary/aromatic N) is 4. The first kappa shape index (κ1) is 41.5. The van der Waals surface area contributed by atoms with Gasteiger partial charge in [-0.15, -0.1) is 0 Å². The van der Waals surface area contributed by atoms with Crippen molar-refractivity contribution in [2.24, 2.45) is 15.2 Å². The number of nitrogens with two attached hydrogens (primary N) is 1. The van der Waals surface area contributed by atoms with Gasteiger partial charge >= 0.3 is 0 Å². The van der Waals surface area contributed by atoms with Gasteiger partial charge in [0, 0.05) is 75.2 Å². The lowest BCUT2D eigenvalue weighted by Gasteiger charge is -2.20. The summed E-state index contributed by atoms with van der Waals surface area (Å²) in [7, 11) is 0. The third-order valence-electron chi connectivity index (χ3n) is 10.2. The number of nitrogens with one attached hydrogen (secondary N) is 3. The van der Waals surface area contributed by atoms with Gasteiger partial charge in [0.25, 0.3) is 11.8 Å². The van der Waals surface area contributed by atoms with E-state index in [-0.39, 0.29) is 19.1 Å². The summed E-state index contributed by atoms with van der Waals surface area (Å²) in [6, 6.07) is 23.8. The summed E-state index contributed by atoms with van der Waals surface area (Å²) in [6.45, 7) is 13.0. The molecule has 7 rings (SSSR count). The lowest BCUT2D eigenvalue weighted by Crippen LogP contribution is -2.69. The van der Waals surface area contributed by atoms with Gasteiger partial charge in [-0.25, -0.2) is 10.9 Å². The molecule has 3 heterocycles. The molecule has 0 aliphatic carbocycles. The van der Waals surface area contributed by atoms with Gasteiger partial charge in [-0.3, -0.25) is 24.9 Å². The Balaban J connectivity index is 1.09. The number of carbonyl (C=O) groups is 2. The summed E-state index contributed by atoms with van der Waals surface area (Å²) in [5, 5.41) is 11.4. The summed E-state index contributed by atoms with van der Waals surface area (Å²) in [6.07, 6.45) is 16.2. The van der Waals surface area contributed by atoms with Crippen molar-refractivity contribution in [2.75, 3.05) is 13.2 Å². The second-order valence-corrected chi connectivity index (χ2v) is 14.7. The molecule has 0 radical (unpaired) electrons. The molecule has 0 bridgehead atoms. The smallest absolute Gasteiger partial charge is 0.277 e. The number of amides is 2. The minimum atomic E-state index is -0.408. The molecule has 61 heavy (non-hydrogen) atoms. The Morgan fingerprint density at radius 1 is 0.885 bits per heavy atom. The van der Waals surface area contributed by atoms with Crippen LogP contribution < -0.4 is 25.6 Å². The molecule has 0 fully saturated rings. The first-order valence-electron chi connectivity index (χ1n) is 19.7. The Kier molecular flexibility index (Phi) is 12.9. The summed E-state index contributed by atoms with van der Waals surface area (Å²) in [4.78, 5) is 37.8. The molecule has 12 heteroatoms. The predicted molar refractivity (Wildman–Crippen MR) is 244 cm³/mol. The van der Waals surface area contributed by atoms with E-state index < -0.39 is 5.91 Å². The van der Waals surface area contributed by atoms with Crippen LogP contribution in [0.2, 0.25) is 0 Å². The molecule has 0 spiro atoms. The zero-order chi connectivity index (χ0) is 42.9. The zero-order valence-corrected chi connectivity index (χ0v) is 34.7. The highest BCUT2D eigenvalue weighted by atomic mass is 16.5. The topological polar surface area (TPSA) is 159 Å². The number of ether oxygens (including phenoxy) is 2. The zero-order valence-electron chi connectivity index (χ0n) is 34.7. The number of aromatic nitrogens is 2. The van der Waals surface area contributed by atoms with E-state index in [1.54, 1.807) is 30.9 Å². The quantitative estimate of drug-likeness (QED) is 0.0358. The molecule has 12 nitrogen and oxygen atoms in total. The number of hydrogen-bond donors (Lipinski definition) is 4. The number of carbonyl (C=O) groups excluding carboxylic acids is 2. The first-order valence-corrected chi connectivity index (χ1v) is 19.7. The second-order valence-electron chi connectivity index (χ2n) is 14.7. The lowest BCUT2D eigenvalue weighted by atomic mass is 9.92. The highest BCUT2D eigenvalue weighted by molar-refractivity contribution is 5.91. The van der Waals surface area contributed by atoms with Crippen LogP contribution in [0.4, 0.5) is 5.69 Å². The second kappa shape index (κ2) is 18.9. The Hall–Kier alpha value is -7.70. The number of fused-ring (bicyclic) bond motifs is 2. The van der Waals surface area contributed by atoms with E-state index in [0.29, 0.717) is 11.5 Å². The number of benzene rings is 4. The highest BCUT2D eigenvalue weighted by Crippen LogP contribution is 2.40. The monoisotopic (exact) mass is 811 g/mol. The number of quaternary nitrogens is 1. The van der Waals surface area contributed by atoms with E-state index >= 15 is 0 Å². The SMILES string of the molecule is C=N/C=C\C=C(/C)c1cc(C)c(-c2ccc(-c3cc(C)cc(C)c3OCC(=O)N/N=C/c3cccc4c3C=C[NH2+]4)cn2)c(C)c1OCC(=O)N/N=C/c1ccc2[nH]ccc2c1. The molecule has 1 aliphatic rings. The van der Waals surface area contributed by atoms with Crippen LogP contribution >= 0.6 is 0 Å². The minimum absolute atomic E-state index is 0.226. The minimum Gasteiger partial charge on any atom is -0.483 e. The first-order chi connectivity index (χ1) is 29.6. The Morgan fingerprint density at radius 2 is 1.67 bits per heavy atom. The van der Waals surface area contributed by atoms with Crippen LogP contribution in [-0.4, -0.2) is 54.1 Å². The fraction of sp³-hybridized carbons (Fsp3) is 0.143. The van der Waals surface area contributed by atoms with Crippen molar-refractivity contribution in [1.82, 2.24) is 20.8 Å². The molecule has 2 amide bonds. The molecule has 6 aromatic rings. The number of hydrazone groups is 2. The van der Waals surface area contributed by atoms with Crippen LogP contribution in [0.5, 0.6) is 11.5 Å². The number of rotatable bonds is 15. The maximum Gasteiger partial charge on any atom is 0.277 e. The molecule has 2 aromatic heterocycles. The fourth-order valence-electron chi connectivity index (χ4n) is 7.38. The molecular formula is C49H47N8O4+. The Labute approximate surface area is 354 Å². The van der Waals surface area contributed by atoms with Crippen LogP contribution in [0, 0.1) is 27.7 Å². The largest absolute Gasteiger partial charge is 0.483 e. The van der Waals surface area contributed by atoms with Crippen LogP contribution in [0.25, 0.3) is 44.9 Å². The van der Waals surface area contributed by atoms with Crippen molar-refractivity contribution in [3.05, 3.63) is 154 Å². The summed E-state index contributed by atoms with van der Waals surface area (Å²) >= 11 is 0. The van der Waals surface area contributed by atoms with E-state index in [4.69, 9.17) is 14.5 Å². The lowest BCUT2D eigenvalue weighted by molar-refractivity contribution is -0.491. The number of hydrogen-bond acceptors (Lipinski definition) is 8. The van der Waals surface area contributed by atoms with Gasteiger partial charge in [0.2, 0.25) is 0 Å². The standard InChI is InChI=1S/C49H46N8O4/c1-30-21-33(4)48(60-28-45(58)57-55-27-37-10-7-11-43-39(37)17-20-52-43)41(22-30)38-13-15-44(53-26-38)47-32(3)23-40(31(2)9-8-18-50-6)49(34(47)5)61-29-46(59)56-54-25-35-12-14-42-36(24-35)16-19-51-42/h7-27,51-52H,6,28-29H2,1-5H3,(H,56,59)(H,57,58)/p+1/b18-8-,31-9+,54-25+,55-27+. The number of aryl methyl sites for hydroxylation is 3. The molecule has 5 N–H and O–H groups in total. The summed E-state index contributed by atoms with van der Waals surface area (Å²) in [5.41, 5.74) is 18.8. The third kappa shape index (κ3) is 9.78. The van der Waals surface area contributed by atoms with Crippen molar-refractivity contribution in [3.8, 4) is 33.9 Å². The van der Waals surface area contributed by atoms with E-state index in [1.165, 1.54) is 0 Å². The summed E-state index contributed by atoms with van der Waals surface area (Å²) < 4.78 is 12.4. The van der Waals surface area contributed by atoms with Gasteiger partial charge < -0.3 is 14.5 Å². The average molecular weight is 812 g/mol. The van der Waals surface area contributed by atoms with E-state index in [1.807, 2.05) is 137 Å². The Bertz CT molecular complexity index is 2790. The van der Waals surface area contributed by atoms with Crippen LogP contribution in [0.3, 0.4) is 0 Å². The van der Waals surface area contributed by atoms with Gasteiger partial charge in [0.15, 0.2) is 13.2 Å². The maximum atomic E-state index is 13.0. The fourth-order valence-corrected chi connectivity index (χ4v) is 7.38. The third-order valence-corrected chi connectivity index (χ3v) is 10.2. The van der Waals surface area contributed by atoms with E-state index in [9.17, 15) is 9.59 Å². The van der Waals surface area contributed by atoms with Crippen molar-refractivity contribution in [1.29, 1.82) is 0 Å².